The second kappa shape index (κ2) is 13.9. The lowest BCUT2D eigenvalue weighted by Crippen LogP contribution is -3.11. The van der Waals surface area contributed by atoms with Gasteiger partial charge in [0.05, 0.1) is 46.0 Å². The molecule has 0 radical (unpaired) electrons. The molecule has 3 rings (SSSR count). The molecule has 206 valence electrons. The third kappa shape index (κ3) is 6.48. The van der Waals surface area contributed by atoms with Crippen LogP contribution in [0, 0.1) is 0 Å². The van der Waals surface area contributed by atoms with E-state index >= 15 is 0 Å². The fourth-order valence-electron chi connectivity index (χ4n) is 4.76. The summed E-state index contributed by atoms with van der Waals surface area (Å²) in [4.78, 5) is 29.5. The van der Waals surface area contributed by atoms with Gasteiger partial charge < -0.3 is 29.1 Å². The Morgan fingerprint density at radius 3 is 2.29 bits per heavy atom. The molecule has 2 aromatic rings. The summed E-state index contributed by atoms with van der Waals surface area (Å²) in [5.41, 5.74) is 0.923. The molecular weight excluding hydrogens is 484 g/mol. The molecule has 1 fully saturated rings. The number of hydrogen-bond acceptors (Lipinski definition) is 6. The molecule has 1 aliphatic heterocycles. The van der Waals surface area contributed by atoms with Crippen LogP contribution in [-0.2, 0) is 9.59 Å². The monoisotopic (exact) mass is 524 g/mol. The lowest BCUT2D eigenvalue weighted by Gasteiger charge is -2.28. The molecule has 0 bridgehead atoms. The predicted molar refractivity (Wildman–Crippen MR) is 144 cm³/mol. The van der Waals surface area contributed by atoms with Crippen LogP contribution >= 0.6 is 0 Å². The van der Waals surface area contributed by atoms with Gasteiger partial charge in [-0.2, -0.15) is 0 Å². The van der Waals surface area contributed by atoms with Crippen molar-refractivity contribution in [3.63, 3.8) is 0 Å². The molecule has 8 heteroatoms. The zero-order chi connectivity index (χ0) is 27.7. The number of hydrogen-bond donors (Lipinski definition) is 1. The zero-order valence-corrected chi connectivity index (χ0v) is 23.2. The maximum atomic E-state index is 13.7. The number of likely N-dealkylation sites (tertiary alicyclic amines) is 1. The fraction of sp³-hybridized carbons (Fsp3) is 0.467. The lowest BCUT2D eigenvalue weighted by molar-refractivity contribution is -0.896. The number of ether oxygens (including phenoxy) is 3. The number of nitrogens with one attached hydrogen (secondary N) is 1. The number of rotatable bonds is 14. The van der Waals surface area contributed by atoms with E-state index in [1.165, 1.54) is 9.80 Å². The maximum absolute atomic E-state index is 13.7. The van der Waals surface area contributed by atoms with Gasteiger partial charge in [0.2, 0.25) is 5.78 Å². The molecule has 1 amide bonds. The minimum absolute atomic E-state index is 0.0429. The number of ketones is 1. The fourth-order valence-corrected chi connectivity index (χ4v) is 4.76. The van der Waals surface area contributed by atoms with Crippen LogP contribution in [0.2, 0.25) is 0 Å². The van der Waals surface area contributed by atoms with Crippen LogP contribution in [0.4, 0.5) is 0 Å². The number of amides is 1. The van der Waals surface area contributed by atoms with Crippen LogP contribution in [0.25, 0.3) is 5.76 Å². The largest absolute Gasteiger partial charge is 0.872 e. The van der Waals surface area contributed by atoms with Crippen LogP contribution in [0.1, 0.15) is 57.7 Å². The number of methoxy groups -OCH3 is 1. The van der Waals surface area contributed by atoms with E-state index in [2.05, 4.69) is 13.8 Å². The molecule has 1 aliphatic rings. The van der Waals surface area contributed by atoms with Gasteiger partial charge in [0.1, 0.15) is 5.75 Å². The summed E-state index contributed by atoms with van der Waals surface area (Å²) in [6.07, 6.45) is 1.55. The Balaban J connectivity index is 2.06. The van der Waals surface area contributed by atoms with Gasteiger partial charge in [0.15, 0.2) is 11.5 Å². The Hall–Kier alpha value is -3.52. The standard InChI is InChI=1S/C30H40N2O6/c1-6-19-38-24-16-13-22(20-25(24)36-5)27-26(28(33)21-11-14-23(15-12-21)37-9-4)29(34)30(35)32(27)18-10-17-31(7-2)8-3/h11-16,20,27,33H,6-10,17-19H2,1-5H3. The first-order valence-electron chi connectivity index (χ1n) is 13.5. The minimum Gasteiger partial charge on any atom is -0.872 e. The van der Waals surface area contributed by atoms with Crippen molar-refractivity contribution in [2.45, 2.75) is 46.6 Å². The van der Waals surface area contributed by atoms with Crippen molar-refractivity contribution in [1.29, 1.82) is 0 Å². The molecule has 2 aromatic carbocycles. The molecule has 0 aliphatic carbocycles. The Morgan fingerprint density at radius 1 is 0.974 bits per heavy atom. The van der Waals surface area contributed by atoms with Crippen molar-refractivity contribution in [3.05, 3.63) is 59.2 Å². The Morgan fingerprint density at radius 2 is 1.68 bits per heavy atom. The van der Waals surface area contributed by atoms with E-state index in [1.807, 2.05) is 13.8 Å². The SMILES string of the molecule is CCCOc1ccc(C2C(=C([O-])c3ccc(OCC)cc3)C(=O)C(=O)N2CCC[NH+](CC)CC)cc1OC. The number of Topliss-reactive ketones (excluding diaryl/α,β-unsaturated/α-hetero) is 1. The van der Waals surface area contributed by atoms with Crippen molar-refractivity contribution >= 4 is 17.4 Å². The van der Waals surface area contributed by atoms with Gasteiger partial charge in [-0.25, -0.2) is 0 Å². The molecule has 1 atom stereocenters. The van der Waals surface area contributed by atoms with Crippen molar-refractivity contribution < 1.29 is 33.8 Å². The van der Waals surface area contributed by atoms with Crippen molar-refractivity contribution in [1.82, 2.24) is 4.90 Å². The summed E-state index contributed by atoms with van der Waals surface area (Å²) in [5.74, 6) is -0.169. The highest BCUT2D eigenvalue weighted by Crippen LogP contribution is 2.41. The van der Waals surface area contributed by atoms with E-state index in [1.54, 1.807) is 49.6 Å². The molecule has 0 aromatic heterocycles. The van der Waals surface area contributed by atoms with Crippen LogP contribution in [0.5, 0.6) is 17.2 Å². The summed E-state index contributed by atoms with van der Waals surface area (Å²) in [6.45, 7) is 12.4. The van der Waals surface area contributed by atoms with E-state index < -0.39 is 23.5 Å². The van der Waals surface area contributed by atoms with Crippen LogP contribution in [-0.4, -0.2) is 63.1 Å². The number of quaternary nitrogens is 1. The van der Waals surface area contributed by atoms with E-state index in [-0.39, 0.29) is 5.57 Å². The summed E-state index contributed by atoms with van der Waals surface area (Å²) < 4.78 is 16.8. The van der Waals surface area contributed by atoms with Gasteiger partial charge in [0.25, 0.3) is 5.91 Å². The van der Waals surface area contributed by atoms with Crippen molar-refractivity contribution in [2.75, 3.05) is 46.5 Å². The van der Waals surface area contributed by atoms with Crippen LogP contribution in [0.3, 0.4) is 0 Å². The van der Waals surface area contributed by atoms with Gasteiger partial charge in [-0.15, -0.1) is 0 Å². The molecule has 8 nitrogen and oxygen atoms in total. The number of carbonyl (C=O) groups excluding carboxylic acids is 2. The van der Waals surface area contributed by atoms with Crippen LogP contribution in [0.15, 0.2) is 48.0 Å². The number of carbonyl (C=O) groups is 2. The normalized spacial score (nSPS) is 16.8. The molecule has 1 unspecified atom stereocenters. The van der Waals surface area contributed by atoms with E-state index in [9.17, 15) is 14.7 Å². The number of nitrogens with zero attached hydrogens (tertiary/aromatic N) is 1. The minimum atomic E-state index is -0.810. The summed E-state index contributed by atoms with van der Waals surface area (Å²) in [6, 6.07) is 11.2. The predicted octanol–water partition coefficient (Wildman–Crippen LogP) is 2.42. The average molecular weight is 525 g/mol. The molecule has 1 saturated heterocycles. The van der Waals surface area contributed by atoms with Gasteiger partial charge in [-0.3, -0.25) is 9.59 Å². The third-order valence-electron chi connectivity index (χ3n) is 6.85. The Bertz CT molecular complexity index is 1120. The smallest absolute Gasteiger partial charge is 0.295 e. The highest BCUT2D eigenvalue weighted by atomic mass is 16.5. The molecule has 0 spiro atoms. The summed E-state index contributed by atoms with van der Waals surface area (Å²) in [7, 11) is 1.54. The topological polar surface area (TPSA) is 92.6 Å². The highest BCUT2D eigenvalue weighted by molar-refractivity contribution is 6.46. The summed E-state index contributed by atoms with van der Waals surface area (Å²) >= 11 is 0. The van der Waals surface area contributed by atoms with Gasteiger partial charge in [0, 0.05) is 18.5 Å². The summed E-state index contributed by atoms with van der Waals surface area (Å²) in [5, 5.41) is 13.7. The quantitative estimate of drug-likeness (QED) is 0.232. The zero-order valence-electron chi connectivity index (χ0n) is 23.2. The van der Waals surface area contributed by atoms with Crippen molar-refractivity contribution in [3.8, 4) is 17.2 Å². The maximum Gasteiger partial charge on any atom is 0.295 e. The first-order valence-corrected chi connectivity index (χ1v) is 13.5. The molecule has 0 saturated carbocycles. The van der Waals surface area contributed by atoms with Gasteiger partial charge in [-0.05, 0) is 62.6 Å². The molecule has 1 heterocycles. The second-order valence-electron chi connectivity index (χ2n) is 9.25. The second-order valence-corrected chi connectivity index (χ2v) is 9.25. The van der Waals surface area contributed by atoms with Gasteiger partial charge in [-0.1, -0.05) is 30.9 Å². The number of benzene rings is 2. The molecular formula is C30H40N2O6. The van der Waals surface area contributed by atoms with Crippen molar-refractivity contribution in [2.24, 2.45) is 0 Å². The van der Waals surface area contributed by atoms with Gasteiger partial charge >= 0.3 is 0 Å². The first-order chi connectivity index (χ1) is 18.4. The highest BCUT2D eigenvalue weighted by Gasteiger charge is 2.44. The van der Waals surface area contributed by atoms with E-state index in [0.29, 0.717) is 54.6 Å². The average Bonchev–Trinajstić information content (AvgIpc) is 3.19. The lowest BCUT2D eigenvalue weighted by atomic mass is 9.95. The van der Waals surface area contributed by atoms with Crippen LogP contribution < -0.4 is 24.2 Å². The first kappa shape index (κ1) is 29.0. The molecule has 1 N–H and O–H groups in total. The third-order valence-corrected chi connectivity index (χ3v) is 6.85. The Kier molecular flexibility index (Phi) is 10.6. The molecule has 38 heavy (non-hydrogen) atoms. The Labute approximate surface area is 225 Å². The van der Waals surface area contributed by atoms with E-state index in [4.69, 9.17) is 14.2 Å². The van der Waals surface area contributed by atoms with E-state index in [0.717, 1.165) is 26.1 Å².